The highest BCUT2D eigenvalue weighted by Crippen LogP contribution is 2.06. The van der Waals surface area contributed by atoms with E-state index in [1.807, 2.05) is 0 Å². The summed E-state index contributed by atoms with van der Waals surface area (Å²) in [6, 6.07) is 1.36. The van der Waals surface area contributed by atoms with Crippen LogP contribution in [0.1, 0.15) is 23.8 Å². The zero-order chi connectivity index (χ0) is 11.5. The highest BCUT2D eigenvalue weighted by Gasteiger charge is 2.18. The van der Waals surface area contributed by atoms with Crippen molar-refractivity contribution in [1.82, 2.24) is 9.97 Å². The summed E-state index contributed by atoms with van der Waals surface area (Å²) in [5, 5.41) is -0.496. The summed E-state index contributed by atoms with van der Waals surface area (Å²) in [4.78, 5) is 18.4. The van der Waals surface area contributed by atoms with Gasteiger partial charge in [-0.1, -0.05) is 6.92 Å². The van der Waals surface area contributed by atoms with E-state index in [1.165, 1.54) is 12.3 Å². The van der Waals surface area contributed by atoms with Gasteiger partial charge in [0.05, 0.1) is 7.11 Å². The number of carbonyl (C=O) groups excluding carboxylic acids is 1. The lowest BCUT2D eigenvalue weighted by Gasteiger charge is -2.01. The molecule has 1 aromatic rings. The molecule has 0 amide bonds. The Kier molecular flexibility index (Phi) is 3.48. The SMILES string of the molecule is CCC(=O)c1ccnc(S(=O)(=O)OC)n1. The second kappa shape index (κ2) is 4.45. The van der Waals surface area contributed by atoms with Crippen LogP contribution in [-0.2, 0) is 14.3 Å². The van der Waals surface area contributed by atoms with Crippen LogP contribution in [-0.4, -0.2) is 31.3 Å². The maximum Gasteiger partial charge on any atom is 0.332 e. The predicted octanol–water partition coefficient (Wildman–Crippen LogP) is 0.404. The molecule has 0 bridgehead atoms. The van der Waals surface area contributed by atoms with Crippen LogP contribution >= 0.6 is 0 Å². The lowest BCUT2D eigenvalue weighted by molar-refractivity contribution is 0.0982. The normalized spacial score (nSPS) is 11.3. The molecule has 0 spiro atoms. The third kappa shape index (κ3) is 2.57. The Morgan fingerprint density at radius 2 is 2.20 bits per heavy atom. The van der Waals surface area contributed by atoms with E-state index in [0.717, 1.165) is 7.11 Å². The Balaban J connectivity index is 3.20. The summed E-state index contributed by atoms with van der Waals surface area (Å²) in [6.45, 7) is 1.66. The fourth-order valence-electron chi connectivity index (χ4n) is 0.872. The lowest BCUT2D eigenvalue weighted by Crippen LogP contribution is -2.11. The van der Waals surface area contributed by atoms with Crippen molar-refractivity contribution in [2.24, 2.45) is 0 Å². The van der Waals surface area contributed by atoms with Crippen molar-refractivity contribution in [3.63, 3.8) is 0 Å². The van der Waals surface area contributed by atoms with Gasteiger partial charge in [-0.05, 0) is 6.07 Å². The number of Topliss-reactive ketones (excluding diaryl/α,β-unsaturated/α-hetero) is 1. The zero-order valence-corrected chi connectivity index (χ0v) is 9.11. The van der Waals surface area contributed by atoms with Gasteiger partial charge >= 0.3 is 10.1 Å². The summed E-state index contributed by atoms with van der Waals surface area (Å²) in [5.74, 6) is -0.245. The molecule has 0 N–H and O–H groups in total. The second-order valence-electron chi connectivity index (χ2n) is 2.62. The minimum Gasteiger partial charge on any atom is -0.292 e. The van der Waals surface area contributed by atoms with Crippen molar-refractivity contribution in [2.75, 3.05) is 7.11 Å². The molecule has 6 nitrogen and oxygen atoms in total. The summed E-state index contributed by atoms with van der Waals surface area (Å²) < 4.78 is 26.6. The molecule has 0 radical (unpaired) electrons. The van der Waals surface area contributed by atoms with E-state index in [4.69, 9.17) is 0 Å². The summed E-state index contributed by atoms with van der Waals surface area (Å²) in [7, 11) is -2.93. The Hall–Kier alpha value is -1.34. The Morgan fingerprint density at radius 1 is 1.53 bits per heavy atom. The average molecular weight is 230 g/mol. The molecular formula is C8H10N2O4S. The van der Waals surface area contributed by atoms with E-state index in [0.29, 0.717) is 0 Å². The molecule has 0 saturated heterocycles. The van der Waals surface area contributed by atoms with Crippen molar-refractivity contribution in [3.8, 4) is 0 Å². The van der Waals surface area contributed by atoms with Crippen LogP contribution < -0.4 is 0 Å². The maximum absolute atomic E-state index is 11.3. The molecule has 7 heteroatoms. The van der Waals surface area contributed by atoms with Gasteiger partial charge in [-0.15, -0.1) is 0 Å². The van der Waals surface area contributed by atoms with E-state index >= 15 is 0 Å². The minimum absolute atomic E-state index is 0.0723. The number of ketones is 1. The fourth-order valence-corrected chi connectivity index (χ4v) is 1.42. The quantitative estimate of drug-likeness (QED) is 0.423. The first-order valence-corrected chi connectivity index (χ1v) is 5.59. The number of carbonyl (C=O) groups is 1. The second-order valence-corrected chi connectivity index (χ2v) is 4.23. The van der Waals surface area contributed by atoms with E-state index < -0.39 is 15.3 Å². The highest BCUT2D eigenvalue weighted by atomic mass is 32.2. The topological polar surface area (TPSA) is 86.2 Å². The van der Waals surface area contributed by atoms with Gasteiger partial charge in [-0.25, -0.2) is 9.97 Å². The number of nitrogens with zero attached hydrogens (tertiary/aromatic N) is 2. The van der Waals surface area contributed by atoms with Gasteiger partial charge in [0, 0.05) is 12.6 Å². The Labute approximate surface area is 87.4 Å². The van der Waals surface area contributed by atoms with Crippen LogP contribution in [0.25, 0.3) is 0 Å². The fraction of sp³-hybridized carbons (Fsp3) is 0.375. The molecule has 0 unspecified atom stereocenters. The zero-order valence-electron chi connectivity index (χ0n) is 8.30. The van der Waals surface area contributed by atoms with E-state index in [9.17, 15) is 13.2 Å². The maximum atomic E-state index is 11.3. The van der Waals surface area contributed by atoms with Crippen molar-refractivity contribution < 1.29 is 17.4 Å². The van der Waals surface area contributed by atoms with Gasteiger partial charge < -0.3 is 0 Å². The Bertz CT molecular complexity index is 469. The molecule has 0 aliphatic heterocycles. The third-order valence-electron chi connectivity index (χ3n) is 1.68. The van der Waals surface area contributed by atoms with Crippen LogP contribution in [0, 0.1) is 0 Å². The monoisotopic (exact) mass is 230 g/mol. The first kappa shape index (κ1) is 11.7. The first-order valence-electron chi connectivity index (χ1n) is 4.18. The molecule has 0 aliphatic rings. The first-order chi connectivity index (χ1) is 7.01. The molecule has 0 saturated carbocycles. The van der Waals surface area contributed by atoms with E-state index in [1.54, 1.807) is 6.92 Å². The molecule has 82 valence electrons. The third-order valence-corrected chi connectivity index (χ3v) is 2.77. The molecule has 15 heavy (non-hydrogen) atoms. The number of aromatic nitrogens is 2. The van der Waals surface area contributed by atoms with Crippen molar-refractivity contribution in [1.29, 1.82) is 0 Å². The van der Waals surface area contributed by atoms with Crippen molar-refractivity contribution in [3.05, 3.63) is 18.0 Å². The van der Waals surface area contributed by atoms with Crippen LogP contribution in [0.4, 0.5) is 0 Å². The van der Waals surface area contributed by atoms with Crippen LogP contribution in [0.3, 0.4) is 0 Å². The standard InChI is InChI=1S/C8H10N2O4S/c1-3-7(11)6-4-5-9-8(10-6)15(12,13)14-2/h4-5H,3H2,1-2H3. The molecule has 1 rings (SSSR count). The lowest BCUT2D eigenvalue weighted by atomic mass is 10.2. The van der Waals surface area contributed by atoms with Crippen molar-refractivity contribution >= 4 is 15.9 Å². The number of hydrogen-bond acceptors (Lipinski definition) is 6. The number of hydrogen-bond donors (Lipinski definition) is 0. The van der Waals surface area contributed by atoms with Crippen LogP contribution in [0.5, 0.6) is 0 Å². The van der Waals surface area contributed by atoms with Gasteiger partial charge in [-0.3, -0.25) is 8.98 Å². The van der Waals surface area contributed by atoms with Gasteiger partial charge in [-0.2, -0.15) is 8.42 Å². The Morgan fingerprint density at radius 3 is 2.73 bits per heavy atom. The van der Waals surface area contributed by atoms with Gasteiger partial charge in [0.1, 0.15) is 5.69 Å². The van der Waals surface area contributed by atoms with E-state index in [2.05, 4.69) is 14.2 Å². The largest absolute Gasteiger partial charge is 0.332 e. The summed E-state index contributed by atoms with van der Waals surface area (Å²) in [5.41, 5.74) is 0.0723. The van der Waals surface area contributed by atoms with Crippen molar-refractivity contribution in [2.45, 2.75) is 18.5 Å². The molecule has 0 aliphatic carbocycles. The minimum atomic E-state index is -3.94. The molecule has 0 fully saturated rings. The van der Waals surface area contributed by atoms with Gasteiger partial charge in [0.25, 0.3) is 5.16 Å². The molecule has 0 aromatic carbocycles. The average Bonchev–Trinajstić information content (AvgIpc) is 2.28. The molecule has 1 heterocycles. The van der Waals surface area contributed by atoms with Crippen LogP contribution in [0.2, 0.25) is 0 Å². The smallest absolute Gasteiger partial charge is 0.292 e. The van der Waals surface area contributed by atoms with E-state index in [-0.39, 0.29) is 17.9 Å². The summed E-state index contributed by atoms with van der Waals surface area (Å²) in [6.07, 6.45) is 1.46. The predicted molar refractivity (Wildman–Crippen MR) is 50.8 cm³/mol. The van der Waals surface area contributed by atoms with Crippen LogP contribution in [0.15, 0.2) is 17.4 Å². The summed E-state index contributed by atoms with van der Waals surface area (Å²) >= 11 is 0. The molecular weight excluding hydrogens is 220 g/mol. The molecule has 1 aromatic heterocycles. The number of rotatable bonds is 4. The molecule has 0 atom stereocenters. The highest BCUT2D eigenvalue weighted by molar-refractivity contribution is 7.86. The van der Waals surface area contributed by atoms with Gasteiger partial charge in [0.15, 0.2) is 5.78 Å². The van der Waals surface area contributed by atoms with Gasteiger partial charge in [0.2, 0.25) is 0 Å².